The van der Waals surface area contributed by atoms with Gasteiger partial charge in [0.15, 0.2) is 0 Å². The van der Waals surface area contributed by atoms with Crippen molar-refractivity contribution < 1.29 is 14.0 Å². The molecule has 4 aromatic heterocycles. The number of benzene rings is 1. The first-order valence-electron chi connectivity index (χ1n) is 11.5. The highest BCUT2D eigenvalue weighted by Crippen LogP contribution is 2.28. The summed E-state index contributed by atoms with van der Waals surface area (Å²) in [5, 5.41) is 7.18. The molecule has 0 spiro atoms. The summed E-state index contributed by atoms with van der Waals surface area (Å²) in [4.78, 5) is 49.6. The van der Waals surface area contributed by atoms with Gasteiger partial charge in [-0.2, -0.15) is 9.61 Å². The highest BCUT2D eigenvalue weighted by Gasteiger charge is 2.36. The van der Waals surface area contributed by atoms with E-state index in [4.69, 9.17) is 0 Å². The Bertz CT molecular complexity index is 1770. The molecule has 10 nitrogen and oxygen atoms in total. The Morgan fingerprint density at radius 3 is 2.76 bits per heavy atom. The average molecular weight is 518 g/mol. The van der Waals surface area contributed by atoms with Gasteiger partial charge in [0.2, 0.25) is 5.91 Å². The summed E-state index contributed by atoms with van der Waals surface area (Å²) >= 11 is 1.50. The largest absolute Gasteiger partial charge is 0.330 e. The van der Waals surface area contributed by atoms with Gasteiger partial charge in [-0.1, -0.05) is 6.07 Å². The molecule has 5 aromatic rings. The van der Waals surface area contributed by atoms with Crippen molar-refractivity contribution in [3.05, 3.63) is 75.5 Å². The Morgan fingerprint density at radius 1 is 1.16 bits per heavy atom. The molecule has 186 valence electrons. The lowest BCUT2D eigenvalue weighted by atomic mass is 10.1. The second kappa shape index (κ2) is 8.59. The van der Waals surface area contributed by atoms with Crippen LogP contribution in [0.2, 0.25) is 0 Å². The predicted molar refractivity (Wildman–Crippen MR) is 136 cm³/mol. The molecular formula is C25H20FN7O3S. The van der Waals surface area contributed by atoms with E-state index in [0.717, 1.165) is 22.0 Å². The molecule has 5 heterocycles. The molecule has 1 aliphatic heterocycles. The Kier molecular flexibility index (Phi) is 5.33. The van der Waals surface area contributed by atoms with Crippen molar-refractivity contribution in [3.63, 3.8) is 0 Å². The number of fused-ring (bicyclic) bond motifs is 3. The van der Waals surface area contributed by atoms with Crippen LogP contribution in [0.4, 0.5) is 10.2 Å². The molecule has 0 saturated carbocycles. The molecule has 37 heavy (non-hydrogen) atoms. The SMILES string of the molecule is CC(C)N1Cc2c(n(CC(=O)Nc3ccc(F)cn3)c3cc(-c4ccc5ncsc5c4)nn3c2=O)C1=O. The van der Waals surface area contributed by atoms with Crippen molar-refractivity contribution in [2.24, 2.45) is 0 Å². The van der Waals surface area contributed by atoms with Crippen LogP contribution in [0, 0.1) is 5.82 Å². The van der Waals surface area contributed by atoms with Crippen LogP contribution in [-0.4, -0.2) is 46.9 Å². The second-order valence-corrected chi connectivity index (χ2v) is 9.88. The van der Waals surface area contributed by atoms with Gasteiger partial charge in [0, 0.05) is 17.7 Å². The second-order valence-electron chi connectivity index (χ2n) is 8.99. The Hall–Kier alpha value is -4.45. The summed E-state index contributed by atoms with van der Waals surface area (Å²) in [7, 11) is 0. The lowest BCUT2D eigenvalue weighted by Gasteiger charge is -2.20. The molecule has 2 amide bonds. The molecule has 0 unspecified atom stereocenters. The molecule has 12 heteroatoms. The summed E-state index contributed by atoms with van der Waals surface area (Å²) in [6.07, 6.45) is 0.998. The van der Waals surface area contributed by atoms with Crippen LogP contribution in [0.5, 0.6) is 0 Å². The van der Waals surface area contributed by atoms with Crippen molar-refractivity contribution in [1.82, 2.24) is 29.0 Å². The molecule has 0 atom stereocenters. The zero-order chi connectivity index (χ0) is 25.8. The summed E-state index contributed by atoms with van der Waals surface area (Å²) < 4.78 is 17.0. The molecule has 0 fully saturated rings. The van der Waals surface area contributed by atoms with Gasteiger partial charge < -0.3 is 14.8 Å². The van der Waals surface area contributed by atoms with E-state index < -0.39 is 17.3 Å². The molecule has 0 saturated heterocycles. The minimum atomic E-state index is -0.527. The molecule has 6 rings (SSSR count). The first kappa shape index (κ1) is 23.0. The zero-order valence-corrected chi connectivity index (χ0v) is 20.6. The average Bonchev–Trinajstić information content (AvgIpc) is 3.60. The van der Waals surface area contributed by atoms with Gasteiger partial charge >= 0.3 is 0 Å². The van der Waals surface area contributed by atoms with Gasteiger partial charge in [0.25, 0.3) is 11.5 Å². The highest BCUT2D eigenvalue weighted by molar-refractivity contribution is 7.16. The van der Waals surface area contributed by atoms with Crippen LogP contribution in [-0.2, 0) is 17.9 Å². The number of carbonyl (C=O) groups excluding carboxylic acids is 2. The Morgan fingerprint density at radius 2 is 2.00 bits per heavy atom. The Labute approximate surface area is 213 Å². The van der Waals surface area contributed by atoms with Crippen LogP contribution in [0.3, 0.4) is 0 Å². The van der Waals surface area contributed by atoms with Gasteiger partial charge in [-0.3, -0.25) is 14.4 Å². The number of amides is 2. The molecule has 1 aromatic carbocycles. The number of rotatable bonds is 5. The van der Waals surface area contributed by atoms with E-state index in [-0.39, 0.29) is 42.1 Å². The lowest BCUT2D eigenvalue weighted by Crippen LogP contribution is -2.32. The van der Waals surface area contributed by atoms with Crippen molar-refractivity contribution in [2.45, 2.75) is 33.0 Å². The number of anilines is 1. The number of nitrogens with zero attached hydrogens (tertiary/aromatic N) is 6. The minimum Gasteiger partial charge on any atom is -0.330 e. The van der Waals surface area contributed by atoms with Gasteiger partial charge in [-0.05, 0) is 38.1 Å². The van der Waals surface area contributed by atoms with Crippen LogP contribution >= 0.6 is 11.3 Å². The number of halogens is 1. The number of pyridine rings is 1. The van der Waals surface area contributed by atoms with Crippen LogP contribution in [0.1, 0.15) is 29.9 Å². The fourth-order valence-electron chi connectivity index (χ4n) is 4.49. The number of hydrogen-bond acceptors (Lipinski definition) is 7. The summed E-state index contributed by atoms with van der Waals surface area (Å²) in [5.41, 5.74) is 4.28. The number of nitrogens with one attached hydrogen (secondary N) is 1. The van der Waals surface area contributed by atoms with Crippen LogP contribution in [0.25, 0.3) is 27.1 Å². The minimum absolute atomic E-state index is 0.129. The van der Waals surface area contributed by atoms with Gasteiger partial charge in [-0.25, -0.2) is 14.4 Å². The third-order valence-electron chi connectivity index (χ3n) is 6.31. The number of hydrogen-bond donors (Lipinski definition) is 1. The fourth-order valence-corrected chi connectivity index (χ4v) is 5.21. The van der Waals surface area contributed by atoms with Crippen molar-refractivity contribution in [2.75, 3.05) is 5.32 Å². The van der Waals surface area contributed by atoms with E-state index in [1.807, 2.05) is 32.0 Å². The number of thiazole rings is 1. The molecular weight excluding hydrogens is 497 g/mol. The number of carbonyl (C=O) groups is 2. The maximum atomic E-state index is 13.5. The Balaban J connectivity index is 1.48. The first-order valence-corrected chi connectivity index (χ1v) is 12.4. The van der Waals surface area contributed by atoms with E-state index in [0.29, 0.717) is 11.3 Å². The van der Waals surface area contributed by atoms with Crippen LogP contribution < -0.4 is 10.9 Å². The smallest absolute Gasteiger partial charge is 0.280 e. The van der Waals surface area contributed by atoms with Crippen molar-refractivity contribution in [1.29, 1.82) is 0 Å². The summed E-state index contributed by atoms with van der Waals surface area (Å²) in [6.45, 7) is 3.58. The standard InChI is InChI=1S/C25H20FN7O3S/c1-13(2)31-10-16-23(25(31)36)32(11-21(34)29-20-6-4-15(26)9-27-20)22-8-18(30-33(22)24(16)35)14-3-5-17-19(7-14)37-12-28-17/h3-9,12-13H,10-11H2,1-2H3,(H,27,29,34). The maximum Gasteiger partial charge on any atom is 0.280 e. The third-order valence-corrected chi connectivity index (χ3v) is 7.10. The lowest BCUT2D eigenvalue weighted by molar-refractivity contribution is -0.116. The summed E-state index contributed by atoms with van der Waals surface area (Å²) in [5.74, 6) is -1.18. The predicted octanol–water partition coefficient (Wildman–Crippen LogP) is 3.31. The normalized spacial score (nSPS) is 13.2. The number of aromatic nitrogens is 5. The van der Waals surface area contributed by atoms with Crippen LogP contribution in [0.15, 0.2) is 52.9 Å². The maximum absolute atomic E-state index is 13.5. The van der Waals surface area contributed by atoms with Gasteiger partial charge in [0.1, 0.15) is 29.5 Å². The summed E-state index contributed by atoms with van der Waals surface area (Å²) in [6, 6.07) is 9.77. The van der Waals surface area contributed by atoms with Crippen molar-refractivity contribution in [3.8, 4) is 11.3 Å². The monoisotopic (exact) mass is 517 g/mol. The highest BCUT2D eigenvalue weighted by atomic mass is 32.1. The van der Waals surface area contributed by atoms with E-state index in [2.05, 4.69) is 20.4 Å². The zero-order valence-electron chi connectivity index (χ0n) is 19.8. The van der Waals surface area contributed by atoms with Gasteiger partial charge in [0.05, 0.1) is 39.7 Å². The van der Waals surface area contributed by atoms with E-state index in [9.17, 15) is 18.8 Å². The third kappa shape index (κ3) is 3.85. The van der Waals surface area contributed by atoms with E-state index in [1.54, 1.807) is 16.5 Å². The molecule has 1 N–H and O–H groups in total. The quantitative estimate of drug-likeness (QED) is 0.383. The van der Waals surface area contributed by atoms with E-state index in [1.165, 1.54) is 32.6 Å². The fraction of sp³-hybridized carbons (Fsp3) is 0.200. The molecule has 0 aliphatic carbocycles. The molecule has 0 bridgehead atoms. The van der Waals surface area contributed by atoms with Crippen molar-refractivity contribution >= 4 is 44.8 Å². The topological polar surface area (TPSA) is 114 Å². The van der Waals surface area contributed by atoms with E-state index >= 15 is 0 Å². The molecule has 1 aliphatic rings. The first-order chi connectivity index (χ1) is 17.8. The molecule has 0 radical (unpaired) electrons. The van der Waals surface area contributed by atoms with Gasteiger partial charge in [-0.15, -0.1) is 11.3 Å².